The number of hydrogen-bond donors (Lipinski definition) is 2. The maximum absolute atomic E-state index is 13.6. The van der Waals surface area contributed by atoms with E-state index >= 15 is 0 Å². The van der Waals surface area contributed by atoms with Gasteiger partial charge in [0, 0.05) is 44.6 Å². The van der Waals surface area contributed by atoms with Crippen LogP contribution < -0.4 is 20.5 Å². The summed E-state index contributed by atoms with van der Waals surface area (Å²) in [7, 11) is 0. The average Bonchev–Trinajstić information content (AvgIpc) is 3.17. The van der Waals surface area contributed by atoms with Gasteiger partial charge in [0.25, 0.3) is 5.56 Å². The number of alkyl halides is 6. The van der Waals surface area contributed by atoms with Crippen molar-refractivity contribution in [1.82, 2.24) is 25.1 Å². The molecule has 2 aliphatic heterocycles. The van der Waals surface area contributed by atoms with Crippen LogP contribution in [-0.2, 0) is 28.3 Å². The van der Waals surface area contributed by atoms with Crippen molar-refractivity contribution in [1.29, 1.82) is 0 Å². The maximum Gasteiger partial charge on any atom is 0.423 e. The molecule has 45 heavy (non-hydrogen) atoms. The van der Waals surface area contributed by atoms with Gasteiger partial charge in [0.2, 0.25) is 5.91 Å². The number of H-pyrrole nitrogens is 1. The summed E-state index contributed by atoms with van der Waals surface area (Å²) in [5.41, 5.74) is -3.50. The first-order valence-electron chi connectivity index (χ1n) is 14.0. The van der Waals surface area contributed by atoms with Crippen LogP contribution in [0.1, 0.15) is 29.5 Å². The lowest BCUT2D eigenvalue weighted by Gasteiger charge is -2.41. The van der Waals surface area contributed by atoms with E-state index in [-0.39, 0.29) is 50.4 Å². The Labute approximate surface area is 252 Å². The summed E-state index contributed by atoms with van der Waals surface area (Å²) >= 11 is 0. The predicted molar refractivity (Wildman–Crippen MR) is 148 cm³/mol. The Bertz CT molecular complexity index is 1540. The van der Waals surface area contributed by atoms with Gasteiger partial charge in [-0.05, 0) is 24.1 Å². The van der Waals surface area contributed by atoms with Crippen molar-refractivity contribution in [2.45, 2.75) is 43.7 Å². The molecule has 0 aromatic carbocycles. The van der Waals surface area contributed by atoms with E-state index in [1.165, 1.54) is 0 Å². The minimum Gasteiger partial charge on any atom is -0.490 e. The highest BCUT2D eigenvalue weighted by Gasteiger charge is 2.38. The van der Waals surface area contributed by atoms with Crippen molar-refractivity contribution in [2.24, 2.45) is 0 Å². The highest BCUT2D eigenvalue weighted by atomic mass is 19.4. The quantitative estimate of drug-likeness (QED) is 0.267. The largest absolute Gasteiger partial charge is 0.490 e. The van der Waals surface area contributed by atoms with E-state index < -0.39 is 40.8 Å². The Morgan fingerprint density at radius 3 is 2.71 bits per heavy atom. The van der Waals surface area contributed by atoms with Crippen LogP contribution in [0.4, 0.5) is 37.8 Å². The lowest BCUT2D eigenvalue weighted by Crippen LogP contribution is -2.55. The number of amides is 1. The van der Waals surface area contributed by atoms with Crippen LogP contribution in [-0.4, -0.2) is 82.5 Å². The van der Waals surface area contributed by atoms with Crippen molar-refractivity contribution in [3.63, 3.8) is 0 Å². The minimum absolute atomic E-state index is 0.00697. The molecule has 1 unspecified atom stereocenters. The van der Waals surface area contributed by atoms with Crippen LogP contribution in [0.25, 0.3) is 0 Å². The van der Waals surface area contributed by atoms with Crippen LogP contribution in [0.5, 0.6) is 5.75 Å². The molecule has 242 valence electrons. The third kappa shape index (κ3) is 7.82. The third-order valence-electron chi connectivity index (χ3n) is 7.46. The van der Waals surface area contributed by atoms with E-state index in [9.17, 15) is 35.9 Å². The van der Waals surface area contributed by atoms with Crippen molar-refractivity contribution in [2.75, 3.05) is 49.7 Å². The molecule has 5 heterocycles. The van der Waals surface area contributed by atoms with Crippen molar-refractivity contribution in [3.8, 4) is 5.75 Å². The van der Waals surface area contributed by atoms with Crippen LogP contribution in [0.15, 0.2) is 47.8 Å². The molecule has 2 aliphatic rings. The van der Waals surface area contributed by atoms with E-state index in [1.807, 2.05) is 4.90 Å². The number of anilines is 2. The molecule has 3 aromatic heterocycles. The Kier molecular flexibility index (Phi) is 9.45. The second-order valence-electron chi connectivity index (χ2n) is 10.6. The highest BCUT2D eigenvalue weighted by molar-refractivity contribution is 5.76. The summed E-state index contributed by atoms with van der Waals surface area (Å²) in [6, 6.07) is 3.41. The monoisotopic (exact) mass is 641 g/mol. The van der Waals surface area contributed by atoms with Gasteiger partial charge in [-0.3, -0.25) is 14.6 Å². The molecule has 1 saturated heterocycles. The molecule has 1 fully saturated rings. The molecule has 0 radical (unpaired) electrons. The molecule has 17 heteroatoms. The number of aromatic nitrogens is 4. The number of fused-ring (bicyclic) bond motifs is 3. The fourth-order valence-corrected chi connectivity index (χ4v) is 5.33. The topological polar surface area (TPSA) is 126 Å². The van der Waals surface area contributed by atoms with Gasteiger partial charge < -0.3 is 24.6 Å². The smallest absolute Gasteiger partial charge is 0.423 e. The number of piperazine rings is 1. The fraction of sp³-hybridized carbons (Fsp3) is 0.464. The van der Waals surface area contributed by atoms with E-state index in [1.54, 1.807) is 34.5 Å². The van der Waals surface area contributed by atoms with Gasteiger partial charge in [-0.15, -0.1) is 0 Å². The standard InChI is InChI=1S/C28H29F6N7O4/c29-27(30,31)18-11-22-25(36-13-18)41-7-6-40(15-20(41)3-9-45-22)23(42)4-8-44-16-19(10-17-2-1-5-35-12-17)38-21-14-37-39-26(43)24(21)28(32,33)34/h1-2,5,11-14,19-20H,3-4,6-10,15-16H2,(H2,38,39,43)/t19-,20?/m0/s1. The summed E-state index contributed by atoms with van der Waals surface area (Å²) in [6.07, 6.45) is -4.05. The summed E-state index contributed by atoms with van der Waals surface area (Å²) in [5, 5.41) is 8.00. The van der Waals surface area contributed by atoms with Gasteiger partial charge in [0.1, 0.15) is 5.56 Å². The lowest BCUT2D eigenvalue weighted by molar-refractivity contribution is -0.138. The first kappa shape index (κ1) is 32.0. The van der Waals surface area contributed by atoms with Gasteiger partial charge >= 0.3 is 12.4 Å². The average molecular weight is 642 g/mol. The maximum atomic E-state index is 13.6. The van der Waals surface area contributed by atoms with Crippen LogP contribution in [0.3, 0.4) is 0 Å². The summed E-state index contributed by atoms with van der Waals surface area (Å²) < 4.78 is 91.5. The minimum atomic E-state index is -4.93. The summed E-state index contributed by atoms with van der Waals surface area (Å²) in [4.78, 5) is 36.5. The number of carbonyl (C=O) groups excluding carboxylic acids is 1. The van der Waals surface area contributed by atoms with Gasteiger partial charge in [-0.2, -0.15) is 31.4 Å². The molecule has 0 saturated carbocycles. The number of carbonyl (C=O) groups is 1. The zero-order chi connectivity index (χ0) is 32.2. The van der Waals surface area contributed by atoms with E-state index in [0.29, 0.717) is 37.4 Å². The van der Waals surface area contributed by atoms with Crippen LogP contribution >= 0.6 is 0 Å². The summed E-state index contributed by atoms with van der Waals surface area (Å²) in [6.45, 7) is 0.996. The number of nitrogens with one attached hydrogen (secondary N) is 2. The van der Waals surface area contributed by atoms with E-state index in [2.05, 4.69) is 20.4 Å². The second-order valence-corrected chi connectivity index (χ2v) is 10.6. The molecule has 0 aliphatic carbocycles. The Morgan fingerprint density at radius 1 is 1.16 bits per heavy atom. The predicted octanol–water partition coefficient (Wildman–Crippen LogP) is 3.53. The normalized spacial score (nSPS) is 17.5. The molecule has 0 bridgehead atoms. The van der Waals surface area contributed by atoms with Crippen molar-refractivity contribution < 1.29 is 40.6 Å². The first-order chi connectivity index (χ1) is 21.4. The highest BCUT2D eigenvalue weighted by Crippen LogP contribution is 2.38. The number of ether oxygens (including phenoxy) is 2. The van der Waals surface area contributed by atoms with Crippen molar-refractivity contribution >= 4 is 17.4 Å². The molecule has 2 N–H and O–H groups in total. The molecule has 2 atom stereocenters. The molecule has 3 aromatic rings. The Balaban J connectivity index is 1.18. The second kappa shape index (κ2) is 13.3. The number of hydrogen-bond acceptors (Lipinski definition) is 9. The zero-order valence-corrected chi connectivity index (χ0v) is 23.7. The van der Waals surface area contributed by atoms with Gasteiger partial charge in [0.05, 0.1) is 55.8 Å². The third-order valence-corrected chi connectivity index (χ3v) is 7.46. The Morgan fingerprint density at radius 2 is 1.98 bits per heavy atom. The zero-order valence-electron chi connectivity index (χ0n) is 23.7. The molecule has 1 amide bonds. The van der Waals surface area contributed by atoms with Crippen LogP contribution in [0.2, 0.25) is 0 Å². The first-order valence-corrected chi connectivity index (χ1v) is 14.0. The van der Waals surface area contributed by atoms with E-state index in [4.69, 9.17) is 9.47 Å². The number of pyridine rings is 2. The molecule has 0 spiro atoms. The number of halogens is 6. The molecule has 5 rings (SSSR count). The number of aromatic amines is 1. The lowest BCUT2D eigenvalue weighted by atomic mass is 10.1. The van der Waals surface area contributed by atoms with E-state index in [0.717, 1.165) is 18.5 Å². The molecular weight excluding hydrogens is 612 g/mol. The molecular formula is C28H29F6N7O4. The number of rotatable bonds is 9. The van der Waals surface area contributed by atoms with Gasteiger partial charge in [-0.1, -0.05) is 6.07 Å². The Hall–Kier alpha value is -4.41. The SMILES string of the molecule is O=C(CCOC[C@H](Cc1cccnc1)Nc1cn[nH]c(=O)c1C(F)(F)F)N1CCN2c3ncc(C(F)(F)F)cc3OCCC2C1. The van der Waals surface area contributed by atoms with Gasteiger partial charge in [0.15, 0.2) is 11.6 Å². The summed E-state index contributed by atoms with van der Waals surface area (Å²) in [5.74, 6) is 0.140. The fourth-order valence-electron chi connectivity index (χ4n) is 5.33. The molecule has 11 nitrogen and oxygen atoms in total. The van der Waals surface area contributed by atoms with Crippen LogP contribution in [0, 0.1) is 0 Å². The van der Waals surface area contributed by atoms with Gasteiger partial charge in [-0.25, -0.2) is 10.1 Å². The van der Waals surface area contributed by atoms with Crippen molar-refractivity contribution in [3.05, 3.63) is 70.0 Å². The number of nitrogens with zero attached hydrogens (tertiary/aromatic N) is 5.